The Bertz CT molecular complexity index is 353. The van der Waals surface area contributed by atoms with Gasteiger partial charge in [-0.05, 0) is 19.5 Å². The quantitative estimate of drug-likeness (QED) is 0.757. The molecule has 0 aliphatic heterocycles. The summed E-state index contributed by atoms with van der Waals surface area (Å²) in [4.78, 5) is 13.5. The van der Waals surface area contributed by atoms with E-state index in [0.717, 1.165) is 6.54 Å². The van der Waals surface area contributed by atoms with E-state index in [-0.39, 0.29) is 5.91 Å². The molecule has 1 rings (SSSR count). The van der Waals surface area contributed by atoms with Crippen molar-refractivity contribution in [1.82, 2.24) is 10.2 Å². The second-order valence-electron chi connectivity index (χ2n) is 4.59. The first-order chi connectivity index (χ1) is 8.63. The highest BCUT2D eigenvalue weighted by Gasteiger charge is 2.10. The molecule has 18 heavy (non-hydrogen) atoms. The first kappa shape index (κ1) is 14.7. The van der Waals surface area contributed by atoms with Gasteiger partial charge in [0.05, 0.1) is 0 Å². The molecule has 100 valence electrons. The lowest BCUT2D eigenvalue weighted by atomic mass is 10.2. The molecule has 0 aliphatic carbocycles. The Hall–Kier alpha value is -1.39. The zero-order chi connectivity index (χ0) is 13.4. The van der Waals surface area contributed by atoms with Crippen LogP contribution in [0.5, 0.6) is 0 Å². The largest absolute Gasteiger partial charge is 0.355 e. The van der Waals surface area contributed by atoms with Gasteiger partial charge in [-0.3, -0.25) is 9.69 Å². The molecule has 0 aromatic heterocycles. The number of nitrogens with zero attached hydrogens (tertiary/aromatic N) is 1. The normalized spacial score (nSPS) is 12.4. The number of hydrogen-bond acceptors (Lipinski definition) is 3. The third-order valence-corrected chi connectivity index (χ3v) is 2.99. The van der Waals surface area contributed by atoms with Crippen molar-refractivity contribution in [2.24, 2.45) is 5.73 Å². The first-order valence-electron chi connectivity index (χ1n) is 6.34. The number of nitrogens with one attached hydrogen (secondary N) is 1. The third-order valence-electron chi connectivity index (χ3n) is 2.99. The molecule has 1 unspecified atom stereocenters. The number of rotatable bonds is 7. The Morgan fingerprint density at radius 3 is 2.67 bits per heavy atom. The van der Waals surface area contributed by atoms with E-state index in [0.29, 0.717) is 25.6 Å². The highest BCUT2D eigenvalue weighted by atomic mass is 16.1. The van der Waals surface area contributed by atoms with Gasteiger partial charge in [-0.1, -0.05) is 30.3 Å². The summed E-state index contributed by atoms with van der Waals surface area (Å²) in [5.74, 6) is 0.0254. The Morgan fingerprint density at radius 2 is 2.06 bits per heavy atom. The predicted molar refractivity (Wildman–Crippen MR) is 74.1 cm³/mol. The van der Waals surface area contributed by atoms with Crippen LogP contribution in [0.4, 0.5) is 0 Å². The van der Waals surface area contributed by atoms with Crippen LogP contribution in [0, 0.1) is 0 Å². The smallest absolute Gasteiger partial charge is 0.221 e. The maximum absolute atomic E-state index is 11.3. The molecule has 4 heteroatoms. The van der Waals surface area contributed by atoms with Gasteiger partial charge in [0.2, 0.25) is 5.91 Å². The van der Waals surface area contributed by atoms with E-state index in [1.54, 1.807) is 0 Å². The number of hydrogen-bond donors (Lipinski definition) is 2. The van der Waals surface area contributed by atoms with Crippen LogP contribution >= 0.6 is 0 Å². The van der Waals surface area contributed by atoms with Gasteiger partial charge in [-0.15, -0.1) is 0 Å². The molecule has 0 radical (unpaired) electrons. The summed E-state index contributed by atoms with van der Waals surface area (Å²) in [5.41, 5.74) is 6.60. The molecule has 4 nitrogen and oxygen atoms in total. The Kier molecular flexibility index (Phi) is 6.39. The number of carbonyl (C=O) groups excluding carboxylic acids is 1. The van der Waals surface area contributed by atoms with Gasteiger partial charge in [0.1, 0.15) is 0 Å². The van der Waals surface area contributed by atoms with Crippen molar-refractivity contribution in [1.29, 1.82) is 0 Å². The van der Waals surface area contributed by atoms with Crippen molar-refractivity contribution in [2.45, 2.75) is 25.9 Å². The average Bonchev–Trinajstić information content (AvgIpc) is 2.37. The molecule has 0 saturated carbocycles. The summed E-state index contributed by atoms with van der Waals surface area (Å²) >= 11 is 0. The SMILES string of the molecule is CC(CNC(=O)CCN)N(C)Cc1ccccc1. The first-order valence-corrected chi connectivity index (χ1v) is 6.34. The van der Waals surface area contributed by atoms with Crippen molar-refractivity contribution in [3.63, 3.8) is 0 Å². The monoisotopic (exact) mass is 249 g/mol. The van der Waals surface area contributed by atoms with Gasteiger partial charge in [0.15, 0.2) is 0 Å². The minimum Gasteiger partial charge on any atom is -0.355 e. The fraction of sp³-hybridized carbons (Fsp3) is 0.500. The maximum Gasteiger partial charge on any atom is 0.221 e. The standard InChI is InChI=1S/C14H23N3O/c1-12(10-16-14(18)8-9-15)17(2)11-13-6-4-3-5-7-13/h3-7,12H,8-11,15H2,1-2H3,(H,16,18). The number of likely N-dealkylation sites (N-methyl/N-ethyl adjacent to an activating group) is 1. The molecule has 0 fully saturated rings. The van der Waals surface area contributed by atoms with Crippen molar-refractivity contribution < 1.29 is 4.79 Å². The molecule has 1 aromatic rings. The summed E-state index contributed by atoms with van der Waals surface area (Å²) in [7, 11) is 2.06. The Morgan fingerprint density at radius 1 is 1.39 bits per heavy atom. The van der Waals surface area contributed by atoms with E-state index in [1.165, 1.54) is 5.56 Å². The second-order valence-corrected chi connectivity index (χ2v) is 4.59. The Balaban J connectivity index is 2.33. The maximum atomic E-state index is 11.3. The molecular formula is C14H23N3O. The van der Waals surface area contributed by atoms with E-state index in [4.69, 9.17) is 5.73 Å². The van der Waals surface area contributed by atoms with E-state index in [2.05, 4.69) is 36.3 Å². The van der Waals surface area contributed by atoms with Crippen LogP contribution in [-0.4, -0.2) is 37.0 Å². The Labute approximate surface area is 109 Å². The summed E-state index contributed by atoms with van der Waals surface area (Å²) in [6.07, 6.45) is 0.398. The van der Waals surface area contributed by atoms with E-state index in [9.17, 15) is 4.79 Å². The zero-order valence-corrected chi connectivity index (χ0v) is 11.2. The fourth-order valence-electron chi connectivity index (χ4n) is 1.66. The van der Waals surface area contributed by atoms with Crippen LogP contribution in [0.25, 0.3) is 0 Å². The topological polar surface area (TPSA) is 58.4 Å². The van der Waals surface area contributed by atoms with Crippen LogP contribution in [0.15, 0.2) is 30.3 Å². The van der Waals surface area contributed by atoms with Crippen molar-refractivity contribution in [3.8, 4) is 0 Å². The number of nitrogens with two attached hydrogens (primary N) is 1. The molecule has 0 saturated heterocycles. The lowest BCUT2D eigenvalue weighted by Gasteiger charge is -2.25. The highest BCUT2D eigenvalue weighted by Crippen LogP contribution is 2.05. The zero-order valence-electron chi connectivity index (χ0n) is 11.2. The van der Waals surface area contributed by atoms with Gasteiger partial charge in [0.25, 0.3) is 0 Å². The van der Waals surface area contributed by atoms with E-state index >= 15 is 0 Å². The number of carbonyl (C=O) groups is 1. The van der Waals surface area contributed by atoms with Gasteiger partial charge < -0.3 is 11.1 Å². The van der Waals surface area contributed by atoms with Crippen LogP contribution in [0.2, 0.25) is 0 Å². The average molecular weight is 249 g/mol. The molecule has 0 bridgehead atoms. The minimum atomic E-state index is 0.0254. The highest BCUT2D eigenvalue weighted by molar-refractivity contribution is 5.76. The van der Waals surface area contributed by atoms with Crippen LogP contribution in [0.3, 0.4) is 0 Å². The molecule has 0 spiro atoms. The minimum absolute atomic E-state index is 0.0254. The molecule has 0 aliphatic rings. The third kappa shape index (κ3) is 5.29. The van der Waals surface area contributed by atoms with Crippen molar-refractivity contribution >= 4 is 5.91 Å². The summed E-state index contributed by atoms with van der Waals surface area (Å²) in [6, 6.07) is 10.6. The van der Waals surface area contributed by atoms with Gasteiger partial charge in [-0.25, -0.2) is 0 Å². The summed E-state index contributed by atoms with van der Waals surface area (Å²) < 4.78 is 0. The van der Waals surface area contributed by atoms with Gasteiger partial charge in [0, 0.05) is 32.1 Å². The lowest BCUT2D eigenvalue weighted by Crippen LogP contribution is -2.40. The molecule has 1 atom stereocenters. The van der Waals surface area contributed by atoms with Gasteiger partial charge >= 0.3 is 0 Å². The predicted octanol–water partition coefficient (Wildman–Crippen LogP) is 0.972. The fourth-order valence-corrected chi connectivity index (χ4v) is 1.66. The van der Waals surface area contributed by atoms with Crippen molar-refractivity contribution in [3.05, 3.63) is 35.9 Å². The van der Waals surface area contributed by atoms with Crippen LogP contribution in [-0.2, 0) is 11.3 Å². The second kappa shape index (κ2) is 7.84. The number of amides is 1. The summed E-state index contributed by atoms with van der Waals surface area (Å²) in [5, 5.41) is 2.89. The van der Waals surface area contributed by atoms with Crippen molar-refractivity contribution in [2.75, 3.05) is 20.1 Å². The molecule has 0 heterocycles. The lowest BCUT2D eigenvalue weighted by molar-refractivity contribution is -0.121. The number of benzene rings is 1. The van der Waals surface area contributed by atoms with Crippen LogP contribution in [0.1, 0.15) is 18.9 Å². The molecule has 3 N–H and O–H groups in total. The molecule has 1 amide bonds. The van der Waals surface area contributed by atoms with Gasteiger partial charge in [-0.2, -0.15) is 0 Å². The van der Waals surface area contributed by atoms with E-state index in [1.807, 2.05) is 18.2 Å². The summed E-state index contributed by atoms with van der Waals surface area (Å²) in [6.45, 7) is 4.04. The molecular weight excluding hydrogens is 226 g/mol. The molecule has 1 aromatic carbocycles. The van der Waals surface area contributed by atoms with Crippen LogP contribution < -0.4 is 11.1 Å². The van der Waals surface area contributed by atoms with E-state index < -0.39 is 0 Å².